The van der Waals surface area contributed by atoms with Crippen LogP contribution in [0.5, 0.6) is 0 Å². The highest BCUT2D eigenvalue weighted by Gasteiger charge is 2.36. The molecule has 1 aliphatic rings. The summed E-state index contributed by atoms with van der Waals surface area (Å²) in [6.07, 6.45) is 1.48. The second kappa shape index (κ2) is 7.14. The molecule has 1 aromatic rings. The average Bonchev–Trinajstić information content (AvgIpc) is 2.90. The van der Waals surface area contributed by atoms with Crippen molar-refractivity contribution in [2.24, 2.45) is 0 Å². The van der Waals surface area contributed by atoms with E-state index in [2.05, 4.69) is 4.98 Å². The van der Waals surface area contributed by atoms with E-state index in [0.717, 1.165) is 10.6 Å². The van der Waals surface area contributed by atoms with Gasteiger partial charge >= 0.3 is 0 Å². The number of aryl methyl sites for hydroxylation is 2. The van der Waals surface area contributed by atoms with Crippen LogP contribution in [-0.4, -0.2) is 68.6 Å². The van der Waals surface area contributed by atoms with Crippen LogP contribution >= 0.6 is 11.3 Å². The van der Waals surface area contributed by atoms with Crippen molar-refractivity contribution in [3.63, 3.8) is 0 Å². The van der Waals surface area contributed by atoms with Gasteiger partial charge < -0.3 is 0 Å². The molecule has 23 heavy (non-hydrogen) atoms. The third kappa shape index (κ3) is 4.30. The first-order valence-electron chi connectivity index (χ1n) is 7.42. The molecule has 0 amide bonds. The predicted octanol–water partition coefficient (Wildman–Crippen LogP) is 0.680. The number of aromatic nitrogens is 1. The van der Waals surface area contributed by atoms with Gasteiger partial charge in [0.05, 0.1) is 22.2 Å². The smallest absolute Gasteiger partial charge is 0.217 e. The molecular formula is C13H23N3O4S3. The molecule has 1 aliphatic heterocycles. The highest BCUT2D eigenvalue weighted by Crippen LogP contribution is 2.22. The molecule has 2 rings (SSSR count). The van der Waals surface area contributed by atoms with Gasteiger partial charge in [0.2, 0.25) is 20.0 Å². The molecule has 7 nitrogen and oxygen atoms in total. The number of hydrogen-bond acceptors (Lipinski definition) is 6. The van der Waals surface area contributed by atoms with Gasteiger partial charge in [-0.15, -0.1) is 11.3 Å². The van der Waals surface area contributed by atoms with E-state index in [1.165, 1.54) is 34.0 Å². The SMILES string of the molecule is Cc1ncsc1CCS(=O)(=O)N1CCC[C@H](S(=O)(=O)N(C)C)C1. The van der Waals surface area contributed by atoms with Crippen molar-refractivity contribution in [3.05, 3.63) is 16.1 Å². The Bertz CT molecular complexity index is 740. The topological polar surface area (TPSA) is 87.6 Å². The molecule has 0 spiro atoms. The zero-order valence-corrected chi connectivity index (χ0v) is 16.0. The van der Waals surface area contributed by atoms with E-state index in [1.54, 1.807) is 5.51 Å². The van der Waals surface area contributed by atoms with E-state index < -0.39 is 25.3 Å². The van der Waals surface area contributed by atoms with Gasteiger partial charge in [-0.05, 0) is 26.2 Å². The lowest BCUT2D eigenvalue weighted by atomic mass is 10.2. The summed E-state index contributed by atoms with van der Waals surface area (Å²) in [6.45, 7) is 2.30. The highest BCUT2D eigenvalue weighted by atomic mass is 32.2. The summed E-state index contributed by atoms with van der Waals surface area (Å²) in [6, 6.07) is 0. The molecule has 0 N–H and O–H groups in total. The van der Waals surface area contributed by atoms with Crippen LogP contribution in [-0.2, 0) is 26.5 Å². The van der Waals surface area contributed by atoms with Crippen LogP contribution in [0.25, 0.3) is 0 Å². The summed E-state index contributed by atoms with van der Waals surface area (Å²) < 4.78 is 52.1. The lowest BCUT2D eigenvalue weighted by Gasteiger charge is -2.32. The molecule has 2 heterocycles. The fourth-order valence-corrected chi connectivity index (χ4v) is 6.58. The van der Waals surface area contributed by atoms with Crippen LogP contribution in [0.4, 0.5) is 0 Å². The standard InChI is InChI=1S/C13H23N3O4S3/c1-11-13(21-10-14-11)6-8-22(17,18)16-7-4-5-12(9-16)23(19,20)15(2)3/h10,12H,4-9H2,1-3H3/t12-/m0/s1. The Morgan fingerprint density at radius 1 is 1.35 bits per heavy atom. The molecule has 132 valence electrons. The molecule has 1 atom stereocenters. The van der Waals surface area contributed by atoms with Crippen molar-refractivity contribution in [1.29, 1.82) is 0 Å². The van der Waals surface area contributed by atoms with Gasteiger partial charge in [0.25, 0.3) is 0 Å². The van der Waals surface area contributed by atoms with Crippen LogP contribution in [0.15, 0.2) is 5.51 Å². The van der Waals surface area contributed by atoms with E-state index in [1.807, 2.05) is 6.92 Å². The number of piperidine rings is 1. The van der Waals surface area contributed by atoms with Crippen LogP contribution in [0.1, 0.15) is 23.4 Å². The summed E-state index contributed by atoms with van der Waals surface area (Å²) >= 11 is 1.45. The van der Waals surface area contributed by atoms with Crippen LogP contribution in [0.3, 0.4) is 0 Å². The molecule has 0 aliphatic carbocycles. The lowest BCUT2D eigenvalue weighted by molar-refractivity contribution is 0.339. The summed E-state index contributed by atoms with van der Waals surface area (Å²) in [5.41, 5.74) is 2.56. The average molecular weight is 382 g/mol. The van der Waals surface area contributed by atoms with Crippen molar-refractivity contribution in [2.75, 3.05) is 32.9 Å². The number of nitrogens with zero attached hydrogens (tertiary/aromatic N) is 3. The van der Waals surface area contributed by atoms with Crippen molar-refractivity contribution in [2.45, 2.75) is 31.4 Å². The Hall–Kier alpha value is -0.550. The van der Waals surface area contributed by atoms with Gasteiger partial charge in [0, 0.05) is 32.1 Å². The molecule has 10 heteroatoms. The highest BCUT2D eigenvalue weighted by molar-refractivity contribution is 7.90. The van der Waals surface area contributed by atoms with Crippen LogP contribution in [0.2, 0.25) is 0 Å². The first-order valence-corrected chi connectivity index (χ1v) is 11.4. The number of rotatable bonds is 6. The molecule has 1 saturated heterocycles. The Morgan fingerprint density at radius 2 is 2.04 bits per heavy atom. The molecule has 0 unspecified atom stereocenters. The largest absolute Gasteiger partial charge is 0.250 e. The third-order valence-electron chi connectivity index (χ3n) is 4.10. The zero-order valence-electron chi connectivity index (χ0n) is 13.6. The number of thiazole rings is 1. The summed E-state index contributed by atoms with van der Waals surface area (Å²) in [7, 11) is -3.94. The maximum atomic E-state index is 12.5. The Labute approximate surface area is 142 Å². The molecule has 0 saturated carbocycles. The summed E-state index contributed by atoms with van der Waals surface area (Å²) in [4.78, 5) is 5.08. The quantitative estimate of drug-likeness (QED) is 0.723. The molecule has 0 aromatic carbocycles. The van der Waals surface area contributed by atoms with E-state index in [-0.39, 0.29) is 12.3 Å². The Morgan fingerprint density at radius 3 is 2.61 bits per heavy atom. The fraction of sp³-hybridized carbons (Fsp3) is 0.769. The van der Waals surface area contributed by atoms with E-state index >= 15 is 0 Å². The molecular weight excluding hydrogens is 358 g/mol. The van der Waals surface area contributed by atoms with Gasteiger partial charge in [0.15, 0.2) is 0 Å². The third-order valence-corrected chi connectivity index (χ3v) is 9.17. The fourth-order valence-electron chi connectivity index (χ4n) is 2.62. The van der Waals surface area contributed by atoms with E-state index in [9.17, 15) is 16.8 Å². The zero-order chi connectivity index (χ0) is 17.3. The second-order valence-corrected chi connectivity index (χ2v) is 11.3. The van der Waals surface area contributed by atoms with Crippen LogP contribution in [0, 0.1) is 6.92 Å². The molecule has 1 aromatic heterocycles. The first kappa shape index (κ1) is 18.8. The monoisotopic (exact) mass is 381 g/mol. The van der Waals surface area contributed by atoms with Gasteiger partial charge in [-0.1, -0.05) is 0 Å². The predicted molar refractivity (Wildman–Crippen MR) is 91.5 cm³/mol. The molecule has 0 bridgehead atoms. The maximum Gasteiger partial charge on any atom is 0.217 e. The summed E-state index contributed by atoms with van der Waals surface area (Å²) in [5.74, 6) is -0.00916. The minimum absolute atomic E-state index is 0.00916. The first-order chi connectivity index (χ1) is 10.6. The van der Waals surface area contributed by atoms with Crippen molar-refractivity contribution >= 4 is 31.4 Å². The van der Waals surface area contributed by atoms with Gasteiger partial charge in [-0.25, -0.2) is 30.4 Å². The van der Waals surface area contributed by atoms with E-state index in [4.69, 9.17) is 0 Å². The summed E-state index contributed by atoms with van der Waals surface area (Å²) in [5, 5.41) is -0.661. The maximum absolute atomic E-state index is 12.5. The van der Waals surface area contributed by atoms with Crippen molar-refractivity contribution < 1.29 is 16.8 Å². The molecule has 1 fully saturated rings. The van der Waals surface area contributed by atoms with Crippen molar-refractivity contribution in [1.82, 2.24) is 13.6 Å². The van der Waals surface area contributed by atoms with E-state index in [0.29, 0.717) is 25.8 Å². The van der Waals surface area contributed by atoms with Gasteiger partial charge in [0.1, 0.15) is 0 Å². The minimum Gasteiger partial charge on any atom is -0.250 e. The minimum atomic E-state index is -3.47. The lowest BCUT2D eigenvalue weighted by Crippen LogP contribution is -2.48. The van der Waals surface area contributed by atoms with Crippen molar-refractivity contribution in [3.8, 4) is 0 Å². The number of sulfonamides is 2. The normalized spacial score (nSPS) is 21.0. The Kier molecular flexibility index (Phi) is 5.83. The van der Waals surface area contributed by atoms with Gasteiger partial charge in [-0.2, -0.15) is 0 Å². The van der Waals surface area contributed by atoms with Gasteiger partial charge in [-0.3, -0.25) is 0 Å². The van der Waals surface area contributed by atoms with Crippen LogP contribution < -0.4 is 0 Å². The Balaban J connectivity index is 2.06. The number of hydrogen-bond donors (Lipinski definition) is 0. The molecule has 0 radical (unpaired) electrons. The second-order valence-electron chi connectivity index (χ2n) is 5.88.